The maximum Gasteiger partial charge on any atom is 0.173 e. The molecule has 25 heavy (non-hydrogen) atoms. The molecule has 0 saturated carbocycles. The molecule has 1 aliphatic heterocycles. The smallest absolute Gasteiger partial charge is 0.173 e. The fraction of sp³-hybridized carbons (Fsp3) is 0.611. The molecule has 1 atom stereocenters. The van der Waals surface area contributed by atoms with E-state index in [1.807, 2.05) is 16.8 Å². The van der Waals surface area contributed by atoms with Crippen LogP contribution in [0.4, 0.5) is 4.39 Å². The van der Waals surface area contributed by atoms with E-state index in [2.05, 4.69) is 53.0 Å². The van der Waals surface area contributed by atoms with Gasteiger partial charge in [-0.05, 0) is 43.8 Å². The number of rotatable bonds is 4. The Kier molecular flexibility index (Phi) is 5.15. The minimum absolute atomic E-state index is 0.214. The number of likely N-dealkylation sites (N-methyl/N-ethyl adjacent to an activating group) is 1. The molecule has 0 aliphatic carbocycles. The highest BCUT2D eigenvalue weighted by Crippen LogP contribution is 2.31. The van der Waals surface area contributed by atoms with Crippen molar-refractivity contribution in [1.82, 2.24) is 30.0 Å². The van der Waals surface area contributed by atoms with Gasteiger partial charge in [0.05, 0.1) is 5.54 Å². The number of hydrogen-bond acceptors (Lipinski definition) is 5. The Hall–Kier alpha value is -1.86. The molecule has 0 N–H and O–H groups in total. The largest absolute Gasteiger partial charge is 0.301 e. The van der Waals surface area contributed by atoms with Gasteiger partial charge in [0.25, 0.3) is 0 Å². The molecule has 0 amide bonds. The van der Waals surface area contributed by atoms with Crippen LogP contribution in [0.3, 0.4) is 0 Å². The minimum Gasteiger partial charge on any atom is -0.301 e. The first-order valence-corrected chi connectivity index (χ1v) is 8.91. The standard InChI is InChI=1S/C18H27FN6/c1-5-23-10-12-24(13-11-23)16(14-8-6-7-9-15(14)19)17-20-21-22-25(17)18(2,3)4/h6-9,16H,5,10-13H2,1-4H3. The monoisotopic (exact) mass is 346 g/mol. The Labute approximate surface area is 148 Å². The summed E-state index contributed by atoms with van der Waals surface area (Å²) >= 11 is 0. The summed E-state index contributed by atoms with van der Waals surface area (Å²) in [6, 6.07) is 6.66. The van der Waals surface area contributed by atoms with E-state index in [1.54, 1.807) is 6.07 Å². The Bertz CT molecular complexity index is 700. The first-order valence-electron chi connectivity index (χ1n) is 8.91. The summed E-state index contributed by atoms with van der Waals surface area (Å²) in [5.74, 6) is 0.483. The normalized spacial score (nSPS) is 18.4. The summed E-state index contributed by atoms with van der Waals surface area (Å²) in [5.41, 5.74) is 0.362. The third-order valence-electron chi connectivity index (χ3n) is 4.79. The van der Waals surface area contributed by atoms with Gasteiger partial charge in [0, 0.05) is 31.7 Å². The van der Waals surface area contributed by atoms with Crippen LogP contribution in [0.15, 0.2) is 24.3 Å². The lowest BCUT2D eigenvalue weighted by atomic mass is 10.0. The number of piperazine rings is 1. The van der Waals surface area contributed by atoms with Crippen molar-refractivity contribution in [3.63, 3.8) is 0 Å². The van der Waals surface area contributed by atoms with E-state index in [9.17, 15) is 4.39 Å². The minimum atomic E-state index is -0.283. The van der Waals surface area contributed by atoms with Gasteiger partial charge in [-0.3, -0.25) is 4.90 Å². The highest BCUT2D eigenvalue weighted by Gasteiger charge is 2.34. The van der Waals surface area contributed by atoms with E-state index in [1.165, 1.54) is 6.07 Å². The van der Waals surface area contributed by atoms with Crippen LogP contribution in [-0.4, -0.2) is 62.7 Å². The lowest BCUT2D eigenvalue weighted by Gasteiger charge is -2.39. The second-order valence-electron chi connectivity index (χ2n) is 7.51. The quantitative estimate of drug-likeness (QED) is 0.850. The van der Waals surface area contributed by atoms with Crippen LogP contribution in [0.1, 0.15) is 45.1 Å². The number of benzene rings is 1. The van der Waals surface area contributed by atoms with Crippen molar-refractivity contribution in [2.75, 3.05) is 32.7 Å². The van der Waals surface area contributed by atoms with Crippen molar-refractivity contribution >= 4 is 0 Å². The zero-order chi connectivity index (χ0) is 18.0. The Balaban J connectivity index is 2.02. The first kappa shape index (κ1) is 17.9. The van der Waals surface area contributed by atoms with Crippen LogP contribution in [0.25, 0.3) is 0 Å². The molecule has 6 nitrogen and oxygen atoms in total. The van der Waals surface area contributed by atoms with Gasteiger partial charge >= 0.3 is 0 Å². The molecular formula is C18H27FN6. The summed E-state index contributed by atoms with van der Waals surface area (Å²) in [6.45, 7) is 13.0. The van der Waals surface area contributed by atoms with Crippen molar-refractivity contribution < 1.29 is 4.39 Å². The zero-order valence-electron chi connectivity index (χ0n) is 15.5. The average Bonchev–Trinajstić information content (AvgIpc) is 3.07. The van der Waals surface area contributed by atoms with Gasteiger partial charge in [-0.2, -0.15) is 0 Å². The summed E-state index contributed by atoms with van der Waals surface area (Å²) in [5, 5.41) is 12.4. The summed E-state index contributed by atoms with van der Waals surface area (Å²) in [7, 11) is 0. The molecule has 3 rings (SSSR count). The Morgan fingerprint density at radius 3 is 2.40 bits per heavy atom. The number of nitrogens with zero attached hydrogens (tertiary/aromatic N) is 6. The summed E-state index contributed by atoms with van der Waals surface area (Å²) in [4.78, 5) is 4.69. The van der Waals surface area contributed by atoms with Gasteiger partial charge < -0.3 is 4.90 Å². The van der Waals surface area contributed by atoms with Gasteiger partial charge in [-0.25, -0.2) is 9.07 Å². The van der Waals surface area contributed by atoms with Crippen LogP contribution in [-0.2, 0) is 5.54 Å². The van der Waals surface area contributed by atoms with E-state index in [0.717, 1.165) is 32.7 Å². The number of aromatic nitrogens is 4. The Morgan fingerprint density at radius 1 is 1.12 bits per heavy atom. The molecule has 7 heteroatoms. The van der Waals surface area contributed by atoms with Gasteiger partial charge in [0.15, 0.2) is 5.82 Å². The topological polar surface area (TPSA) is 50.1 Å². The molecular weight excluding hydrogens is 319 g/mol. The van der Waals surface area contributed by atoms with Crippen LogP contribution in [0.2, 0.25) is 0 Å². The van der Waals surface area contributed by atoms with E-state index in [4.69, 9.17) is 0 Å². The van der Waals surface area contributed by atoms with Gasteiger partial charge in [0.1, 0.15) is 11.9 Å². The zero-order valence-corrected chi connectivity index (χ0v) is 15.5. The molecule has 0 bridgehead atoms. The van der Waals surface area contributed by atoms with Crippen LogP contribution < -0.4 is 0 Å². The van der Waals surface area contributed by atoms with E-state index >= 15 is 0 Å². The van der Waals surface area contributed by atoms with E-state index in [-0.39, 0.29) is 17.4 Å². The summed E-state index contributed by atoms with van der Waals surface area (Å²) in [6.07, 6.45) is 0. The molecule has 2 heterocycles. The van der Waals surface area contributed by atoms with E-state index in [0.29, 0.717) is 11.4 Å². The summed E-state index contributed by atoms with van der Waals surface area (Å²) < 4.78 is 16.5. The van der Waals surface area contributed by atoms with Crippen molar-refractivity contribution in [3.8, 4) is 0 Å². The lowest BCUT2D eigenvalue weighted by Crippen LogP contribution is -2.48. The van der Waals surface area contributed by atoms with Crippen molar-refractivity contribution in [3.05, 3.63) is 41.5 Å². The predicted octanol–water partition coefficient (Wildman–Crippen LogP) is 2.29. The second-order valence-corrected chi connectivity index (χ2v) is 7.51. The fourth-order valence-electron chi connectivity index (χ4n) is 3.38. The maximum absolute atomic E-state index is 14.6. The van der Waals surface area contributed by atoms with Crippen molar-refractivity contribution in [1.29, 1.82) is 0 Å². The molecule has 1 aromatic carbocycles. The first-order chi connectivity index (χ1) is 11.9. The SMILES string of the molecule is CCN1CCN(C(c2ccccc2F)c2nnnn2C(C)(C)C)CC1. The van der Waals surface area contributed by atoms with Gasteiger partial charge in [0.2, 0.25) is 0 Å². The molecule has 1 unspecified atom stereocenters. The Morgan fingerprint density at radius 2 is 1.80 bits per heavy atom. The third kappa shape index (κ3) is 3.72. The van der Waals surface area contributed by atoms with Crippen molar-refractivity contribution in [2.45, 2.75) is 39.3 Å². The molecule has 1 fully saturated rings. The van der Waals surface area contributed by atoms with Gasteiger partial charge in [-0.15, -0.1) is 5.10 Å². The van der Waals surface area contributed by atoms with Crippen molar-refractivity contribution in [2.24, 2.45) is 0 Å². The molecule has 136 valence electrons. The molecule has 0 spiro atoms. The number of halogens is 1. The third-order valence-corrected chi connectivity index (χ3v) is 4.79. The average molecular weight is 346 g/mol. The molecule has 2 aromatic rings. The van der Waals surface area contributed by atoms with Crippen LogP contribution in [0.5, 0.6) is 0 Å². The molecule has 0 radical (unpaired) electrons. The molecule has 1 aliphatic rings. The maximum atomic E-state index is 14.6. The van der Waals surface area contributed by atoms with E-state index < -0.39 is 0 Å². The number of hydrogen-bond donors (Lipinski definition) is 0. The molecule has 1 saturated heterocycles. The number of tetrazole rings is 1. The highest BCUT2D eigenvalue weighted by molar-refractivity contribution is 5.27. The predicted molar refractivity (Wildman–Crippen MR) is 94.7 cm³/mol. The lowest BCUT2D eigenvalue weighted by molar-refractivity contribution is 0.104. The van der Waals surface area contributed by atoms with Crippen LogP contribution in [0, 0.1) is 5.82 Å². The van der Waals surface area contributed by atoms with Gasteiger partial charge in [-0.1, -0.05) is 25.1 Å². The second kappa shape index (κ2) is 7.17. The van der Waals surface area contributed by atoms with Crippen LogP contribution >= 0.6 is 0 Å². The fourth-order valence-corrected chi connectivity index (χ4v) is 3.38. The highest BCUT2D eigenvalue weighted by atomic mass is 19.1. The molecule has 1 aromatic heterocycles.